The maximum atomic E-state index is 4.14. The molecule has 0 bridgehead atoms. The fraction of sp³-hybridized carbons (Fsp3) is 0.846. The predicted molar refractivity (Wildman–Crippen MR) is 68.7 cm³/mol. The number of hydrogen-bond donors (Lipinski definition) is 1. The minimum Gasteiger partial charge on any atom is -0.316 e. The molecule has 0 aromatic rings. The molecule has 0 aromatic heterocycles. The Labute approximate surface area is 99.5 Å². The second-order valence-corrected chi connectivity index (χ2v) is 5.20. The molecule has 0 amide bonds. The van der Waals surface area contributed by atoms with Crippen molar-refractivity contribution in [3.63, 3.8) is 0 Å². The molecular formula is C13H25N3. The van der Waals surface area contributed by atoms with Crippen LogP contribution in [0.1, 0.15) is 19.3 Å². The van der Waals surface area contributed by atoms with Crippen LogP contribution in [0.15, 0.2) is 12.2 Å². The lowest BCUT2D eigenvalue weighted by Gasteiger charge is -2.26. The Bertz CT molecular complexity index is 239. The Balaban J connectivity index is 1.83. The quantitative estimate of drug-likeness (QED) is 0.715. The molecule has 2 fully saturated rings. The molecule has 2 heterocycles. The van der Waals surface area contributed by atoms with Crippen LogP contribution in [0.2, 0.25) is 0 Å². The van der Waals surface area contributed by atoms with E-state index >= 15 is 0 Å². The van der Waals surface area contributed by atoms with Crippen LogP contribution in [0.25, 0.3) is 0 Å². The van der Waals surface area contributed by atoms with E-state index in [0.29, 0.717) is 0 Å². The molecule has 1 N–H and O–H groups in total. The van der Waals surface area contributed by atoms with Gasteiger partial charge in [-0.05, 0) is 51.5 Å². The number of hydrogen-bond acceptors (Lipinski definition) is 3. The second-order valence-electron chi connectivity index (χ2n) is 5.20. The van der Waals surface area contributed by atoms with E-state index in [2.05, 4.69) is 21.7 Å². The first-order valence-corrected chi connectivity index (χ1v) is 6.57. The molecule has 0 aromatic carbocycles. The van der Waals surface area contributed by atoms with Gasteiger partial charge >= 0.3 is 0 Å². The highest BCUT2D eigenvalue weighted by Gasteiger charge is 2.28. The lowest BCUT2D eigenvalue weighted by molar-refractivity contribution is 0.228. The van der Waals surface area contributed by atoms with Gasteiger partial charge in [0.1, 0.15) is 0 Å². The van der Waals surface area contributed by atoms with Crippen LogP contribution >= 0.6 is 0 Å². The van der Waals surface area contributed by atoms with E-state index < -0.39 is 0 Å². The van der Waals surface area contributed by atoms with Crippen LogP contribution in [-0.2, 0) is 0 Å². The van der Waals surface area contributed by atoms with Crippen molar-refractivity contribution < 1.29 is 0 Å². The SMILES string of the molecule is C=C(CNC)CN1CCCN2CCCC2C1. The highest BCUT2D eigenvalue weighted by molar-refractivity contribution is 5.00. The molecule has 0 spiro atoms. The summed E-state index contributed by atoms with van der Waals surface area (Å²) in [4.78, 5) is 5.27. The van der Waals surface area contributed by atoms with Crippen molar-refractivity contribution >= 4 is 0 Å². The molecule has 1 unspecified atom stereocenters. The first-order valence-electron chi connectivity index (χ1n) is 6.57. The average molecular weight is 223 g/mol. The van der Waals surface area contributed by atoms with Crippen molar-refractivity contribution in [2.75, 3.05) is 46.3 Å². The van der Waals surface area contributed by atoms with Crippen LogP contribution in [0, 0.1) is 0 Å². The van der Waals surface area contributed by atoms with E-state index in [1.165, 1.54) is 51.0 Å². The normalized spacial score (nSPS) is 27.7. The fourth-order valence-electron chi connectivity index (χ4n) is 3.05. The second kappa shape index (κ2) is 5.80. The summed E-state index contributed by atoms with van der Waals surface area (Å²) >= 11 is 0. The van der Waals surface area contributed by atoms with E-state index in [1.54, 1.807) is 0 Å². The molecule has 3 heteroatoms. The van der Waals surface area contributed by atoms with Gasteiger partial charge in [0, 0.05) is 25.7 Å². The van der Waals surface area contributed by atoms with Crippen LogP contribution in [0.4, 0.5) is 0 Å². The number of likely N-dealkylation sites (N-methyl/N-ethyl adjacent to an activating group) is 1. The van der Waals surface area contributed by atoms with Gasteiger partial charge in [-0.15, -0.1) is 0 Å². The summed E-state index contributed by atoms with van der Waals surface area (Å²) in [5.74, 6) is 0. The molecule has 0 aliphatic carbocycles. The monoisotopic (exact) mass is 223 g/mol. The van der Waals surface area contributed by atoms with Crippen LogP contribution in [0.3, 0.4) is 0 Å². The van der Waals surface area contributed by atoms with Gasteiger partial charge in [0.2, 0.25) is 0 Å². The Morgan fingerprint density at radius 3 is 2.94 bits per heavy atom. The van der Waals surface area contributed by atoms with E-state index in [1.807, 2.05) is 7.05 Å². The maximum absolute atomic E-state index is 4.14. The summed E-state index contributed by atoms with van der Waals surface area (Å²) in [7, 11) is 1.99. The van der Waals surface area contributed by atoms with Crippen molar-refractivity contribution in [3.8, 4) is 0 Å². The van der Waals surface area contributed by atoms with Gasteiger partial charge in [0.15, 0.2) is 0 Å². The highest BCUT2D eigenvalue weighted by atomic mass is 15.3. The van der Waals surface area contributed by atoms with Crippen LogP contribution in [-0.4, -0.2) is 62.2 Å². The standard InChI is InChI=1S/C13H25N3/c1-12(9-14-2)10-15-6-4-8-16-7-3-5-13(16)11-15/h13-14H,1,3-11H2,2H3. The number of nitrogens with zero attached hydrogens (tertiary/aromatic N) is 2. The van der Waals surface area contributed by atoms with Crippen molar-refractivity contribution in [1.29, 1.82) is 0 Å². The number of rotatable bonds is 4. The summed E-state index contributed by atoms with van der Waals surface area (Å²) in [5.41, 5.74) is 1.31. The lowest BCUT2D eigenvalue weighted by Crippen LogP contribution is -2.37. The molecule has 92 valence electrons. The van der Waals surface area contributed by atoms with Gasteiger partial charge in [0.05, 0.1) is 0 Å². The first kappa shape index (κ1) is 12.1. The summed E-state index contributed by atoms with van der Waals surface area (Å²) in [6, 6.07) is 0.824. The zero-order valence-electron chi connectivity index (χ0n) is 10.5. The number of nitrogens with one attached hydrogen (secondary N) is 1. The predicted octanol–water partition coefficient (Wildman–Crippen LogP) is 0.932. The third kappa shape index (κ3) is 3.06. The molecule has 2 saturated heterocycles. The minimum atomic E-state index is 0.824. The zero-order valence-corrected chi connectivity index (χ0v) is 10.5. The van der Waals surface area contributed by atoms with Gasteiger partial charge in [-0.1, -0.05) is 6.58 Å². The summed E-state index contributed by atoms with van der Waals surface area (Å²) < 4.78 is 0. The zero-order chi connectivity index (χ0) is 11.4. The van der Waals surface area contributed by atoms with Gasteiger partial charge in [-0.2, -0.15) is 0 Å². The molecule has 0 radical (unpaired) electrons. The average Bonchev–Trinajstić information content (AvgIpc) is 2.58. The van der Waals surface area contributed by atoms with Gasteiger partial charge in [-0.3, -0.25) is 9.80 Å². The van der Waals surface area contributed by atoms with Crippen molar-refractivity contribution in [1.82, 2.24) is 15.1 Å². The molecular weight excluding hydrogens is 198 g/mol. The highest BCUT2D eigenvalue weighted by Crippen LogP contribution is 2.21. The van der Waals surface area contributed by atoms with Crippen molar-refractivity contribution in [2.24, 2.45) is 0 Å². The first-order chi connectivity index (χ1) is 7.79. The Morgan fingerprint density at radius 2 is 2.12 bits per heavy atom. The lowest BCUT2D eigenvalue weighted by atomic mass is 10.2. The summed E-state index contributed by atoms with van der Waals surface area (Å²) in [6.45, 7) is 11.3. The fourth-order valence-corrected chi connectivity index (χ4v) is 3.05. The Kier molecular flexibility index (Phi) is 4.38. The van der Waals surface area contributed by atoms with Gasteiger partial charge < -0.3 is 5.32 Å². The molecule has 2 aliphatic heterocycles. The minimum absolute atomic E-state index is 0.824. The summed E-state index contributed by atoms with van der Waals surface area (Å²) in [5, 5.41) is 3.18. The van der Waals surface area contributed by atoms with E-state index in [4.69, 9.17) is 0 Å². The number of fused-ring (bicyclic) bond motifs is 1. The van der Waals surface area contributed by atoms with Crippen LogP contribution < -0.4 is 5.32 Å². The third-order valence-corrected chi connectivity index (χ3v) is 3.76. The molecule has 3 nitrogen and oxygen atoms in total. The molecule has 2 aliphatic rings. The van der Waals surface area contributed by atoms with Crippen molar-refractivity contribution in [2.45, 2.75) is 25.3 Å². The van der Waals surface area contributed by atoms with E-state index in [0.717, 1.165) is 19.1 Å². The molecule has 16 heavy (non-hydrogen) atoms. The largest absolute Gasteiger partial charge is 0.316 e. The van der Waals surface area contributed by atoms with Gasteiger partial charge in [-0.25, -0.2) is 0 Å². The van der Waals surface area contributed by atoms with E-state index in [9.17, 15) is 0 Å². The Hall–Kier alpha value is -0.380. The smallest absolute Gasteiger partial charge is 0.0223 e. The molecule has 1 atom stereocenters. The molecule has 0 saturated carbocycles. The topological polar surface area (TPSA) is 18.5 Å². The van der Waals surface area contributed by atoms with Gasteiger partial charge in [0.25, 0.3) is 0 Å². The Morgan fingerprint density at radius 1 is 1.31 bits per heavy atom. The van der Waals surface area contributed by atoms with Crippen LogP contribution in [0.5, 0.6) is 0 Å². The maximum Gasteiger partial charge on any atom is 0.0223 e. The molecule has 2 rings (SSSR count). The third-order valence-electron chi connectivity index (χ3n) is 3.76. The van der Waals surface area contributed by atoms with E-state index in [-0.39, 0.29) is 0 Å². The van der Waals surface area contributed by atoms with Crippen molar-refractivity contribution in [3.05, 3.63) is 12.2 Å². The summed E-state index contributed by atoms with van der Waals surface area (Å²) in [6.07, 6.45) is 4.12.